The third kappa shape index (κ3) is 1.57. The number of nitrogens with one attached hydrogen (secondary N) is 1. The van der Waals surface area contributed by atoms with Crippen molar-refractivity contribution in [3.8, 4) is 6.07 Å². The Hall–Kier alpha value is -1.30. The zero-order valence-electron chi connectivity index (χ0n) is 4.96. The van der Waals surface area contributed by atoms with Gasteiger partial charge in [-0.05, 0) is 0 Å². The second-order valence-corrected chi connectivity index (χ2v) is 1.73. The predicted octanol–water partition coefficient (Wildman–Crippen LogP) is 0.866. The number of imidazole rings is 1. The Morgan fingerprint density at radius 1 is 1.78 bits per heavy atom. The van der Waals surface area contributed by atoms with Crippen molar-refractivity contribution in [3.63, 3.8) is 0 Å². The van der Waals surface area contributed by atoms with Gasteiger partial charge in [-0.15, -0.1) is 0 Å². The molecular weight excluding hydrogens is 114 g/mol. The van der Waals surface area contributed by atoms with Crippen LogP contribution in [0.25, 0.3) is 0 Å². The Morgan fingerprint density at radius 2 is 2.67 bits per heavy atom. The lowest BCUT2D eigenvalue weighted by molar-refractivity contribution is 0.967. The van der Waals surface area contributed by atoms with E-state index in [-0.39, 0.29) is 0 Å². The van der Waals surface area contributed by atoms with Crippen molar-refractivity contribution in [1.29, 1.82) is 5.26 Å². The Kier molecular flexibility index (Phi) is 1.86. The summed E-state index contributed by atoms with van der Waals surface area (Å²) in [5.41, 5.74) is 1.02. The summed E-state index contributed by atoms with van der Waals surface area (Å²) in [6.07, 6.45) is 4.68. The molecule has 0 saturated carbocycles. The molecule has 3 nitrogen and oxygen atoms in total. The molecule has 3 heteroatoms. The van der Waals surface area contributed by atoms with Gasteiger partial charge in [0, 0.05) is 24.7 Å². The fourth-order valence-electron chi connectivity index (χ4n) is 0.612. The molecule has 0 aliphatic heterocycles. The van der Waals surface area contributed by atoms with Crippen LogP contribution in [0, 0.1) is 11.3 Å². The van der Waals surface area contributed by atoms with Crippen LogP contribution < -0.4 is 0 Å². The highest BCUT2D eigenvalue weighted by molar-refractivity contribution is 4.96. The molecule has 0 aliphatic rings. The molecule has 0 fully saturated rings. The molecule has 1 aromatic heterocycles. The highest BCUT2D eigenvalue weighted by atomic mass is 14.9. The fourth-order valence-corrected chi connectivity index (χ4v) is 0.612. The maximum absolute atomic E-state index is 8.18. The van der Waals surface area contributed by atoms with Gasteiger partial charge in [0.2, 0.25) is 0 Å². The summed E-state index contributed by atoms with van der Waals surface area (Å²) in [6, 6.07) is 2.06. The van der Waals surface area contributed by atoms with Gasteiger partial charge in [-0.3, -0.25) is 0 Å². The SMILES string of the molecule is N#CCCc1cnc[nH]1. The number of aromatic amines is 1. The van der Waals surface area contributed by atoms with E-state index in [1.165, 1.54) is 0 Å². The summed E-state index contributed by atoms with van der Waals surface area (Å²) in [5.74, 6) is 0. The van der Waals surface area contributed by atoms with Gasteiger partial charge in [0.05, 0.1) is 12.4 Å². The van der Waals surface area contributed by atoms with Crippen LogP contribution in [0.4, 0.5) is 0 Å². The molecule has 1 heterocycles. The molecule has 0 bridgehead atoms. The van der Waals surface area contributed by atoms with Crippen molar-refractivity contribution in [1.82, 2.24) is 9.97 Å². The Morgan fingerprint density at radius 3 is 3.22 bits per heavy atom. The van der Waals surface area contributed by atoms with Crippen LogP contribution in [0.5, 0.6) is 0 Å². The normalized spacial score (nSPS) is 8.78. The van der Waals surface area contributed by atoms with E-state index in [9.17, 15) is 0 Å². The number of nitriles is 1. The van der Waals surface area contributed by atoms with E-state index < -0.39 is 0 Å². The van der Waals surface area contributed by atoms with E-state index in [1.54, 1.807) is 12.5 Å². The summed E-state index contributed by atoms with van der Waals surface area (Å²) in [6.45, 7) is 0. The molecule has 46 valence electrons. The van der Waals surface area contributed by atoms with Crippen molar-refractivity contribution in [2.45, 2.75) is 12.8 Å². The van der Waals surface area contributed by atoms with E-state index in [2.05, 4.69) is 16.0 Å². The second-order valence-electron chi connectivity index (χ2n) is 1.73. The van der Waals surface area contributed by atoms with Gasteiger partial charge in [0.25, 0.3) is 0 Å². The summed E-state index contributed by atoms with van der Waals surface area (Å²) < 4.78 is 0. The molecule has 0 atom stereocenters. The van der Waals surface area contributed by atoms with Crippen LogP contribution in [0.2, 0.25) is 0 Å². The van der Waals surface area contributed by atoms with E-state index >= 15 is 0 Å². The van der Waals surface area contributed by atoms with Gasteiger partial charge >= 0.3 is 0 Å². The summed E-state index contributed by atoms with van der Waals surface area (Å²) >= 11 is 0. The minimum Gasteiger partial charge on any atom is -0.348 e. The third-order valence-electron chi connectivity index (χ3n) is 1.06. The average Bonchev–Trinajstić information content (AvgIpc) is 2.34. The fraction of sp³-hybridized carbons (Fsp3) is 0.333. The lowest BCUT2D eigenvalue weighted by Crippen LogP contribution is -1.80. The van der Waals surface area contributed by atoms with Crippen molar-refractivity contribution < 1.29 is 0 Å². The number of hydrogen-bond donors (Lipinski definition) is 1. The first-order chi connectivity index (χ1) is 4.43. The minimum atomic E-state index is 0.558. The van der Waals surface area contributed by atoms with Crippen LogP contribution in [0.3, 0.4) is 0 Å². The van der Waals surface area contributed by atoms with Crippen molar-refractivity contribution in [2.24, 2.45) is 0 Å². The molecule has 0 aliphatic carbocycles. The molecule has 1 aromatic rings. The molecule has 0 saturated heterocycles. The Labute approximate surface area is 53.3 Å². The minimum absolute atomic E-state index is 0.558. The molecular formula is C6H7N3. The van der Waals surface area contributed by atoms with E-state index in [0.717, 1.165) is 12.1 Å². The number of H-pyrrole nitrogens is 1. The highest BCUT2D eigenvalue weighted by Crippen LogP contribution is 1.94. The smallest absolute Gasteiger partial charge is 0.0921 e. The van der Waals surface area contributed by atoms with Gasteiger partial charge in [-0.25, -0.2) is 4.98 Å². The Balaban J connectivity index is 2.41. The molecule has 0 spiro atoms. The van der Waals surface area contributed by atoms with Crippen LogP contribution in [0.1, 0.15) is 12.1 Å². The summed E-state index contributed by atoms with van der Waals surface area (Å²) in [7, 11) is 0. The zero-order chi connectivity index (χ0) is 6.53. The number of aromatic nitrogens is 2. The van der Waals surface area contributed by atoms with Gasteiger partial charge in [0.1, 0.15) is 0 Å². The van der Waals surface area contributed by atoms with Gasteiger partial charge < -0.3 is 4.98 Å². The molecule has 1 N–H and O–H groups in total. The molecule has 1 rings (SSSR count). The van der Waals surface area contributed by atoms with Crippen molar-refractivity contribution in [3.05, 3.63) is 18.2 Å². The first-order valence-electron chi connectivity index (χ1n) is 2.77. The quantitative estimate of drug-likeness (QED) is 0.631. The standard InChI is InChI=1S/C6H7N3/c7-3-1-2-6-4-8-5-9-6/h4-5H,1-2H2,(H,8,9). The monoisotopic (exact) mass is 121 g/mol. The van der Waals surface area contributed by atoms with Gasteiger partial charge in [-0.1, -0.05) is 0 Å². The zero-order valence-corrected chi connectivity index (χ0v) is 4.96. The van der Waals surface area contributed by atoms with Crippen molar-refractivity contribution >= 4 is 0 Å². The van der Waals surface area contributed by atoms with Gasteiger partial charge in [0.15, 0.2) is 0 Å². The first kappa shape index (κ1) is 5.83. The van der Waals surface area contributed by atoms with E-state index in [4.69, 9.17) is 5.26 Å². The largest absolute Gasteiger partial charge is 0.348 e. The lowest BCUT2D eigenvalue weighted by Gasteiger charge is -1.84. The van der Waals surface area contributed by atoms with Crippen LogP contribution in [-0.4, -0.2) is 9.97 Å². The van der Waals surface area contributed by atoms with Crippen LogP contribution in [0.15, 0.2) is 12.5 Å². The van der Waals surface area contributed by atoms with Crippen molar-refractivity contribution in [2.75, 3.05) is 0 Å². The predicted molar refractivity (Wildman–Crippen MR) is 32.5 cm³/mol. The lowest BCUT2D eigenvalue weighted by atomic mass is 10.3. The van der Waals surface area contributed by atoms with Gasteiger partial charge in [-0.2, -0.15) is 5.26 Å². The van der Waals surface area contributed by atoms with Crippen LogP contribution >= 0.6 is 0 Å². The Bertz CT molecular complexity index is 195. The summed E-state index contributed by atoms with van der Waals surface area (Å²) in [4.78, 5) is 6.72. The first-order valence-corrected chi connectivity index (χ1v) is 2.77. The summed E-state index contributed by atoms with van der Waals surface area (Å²) in [5, 5.41) is 8.18. The van der Waals surface area contributed by atoms with Crippen LogP contribution in [-0.2, 0) is 6.42 Å². The molecule has 0 unspecified atom stereocenters. The topological polar surface area (TPSA) is 52.5 Å². The second kappa shape index (κ2) is 2.88. The maximum Gasteiger partial charge on any atom is 0.0921 e. The number of aryl methyl sites for hydroxylation is 1. The number of rotatable bonds is 2. The molecule has 0 radical (unpaired) electrons. The third-order valence-corrected chi connectivity index (χ3v) is 1.06. The maximum atomic E-state index is 8.18. The number of nitrogens with zero attached hydrogens (tertiary/aromatic N) is 2. The molecule has 0 amide bonds. The van der Waals surface area contributed by atoms with E-state index in [0.29, 0.717) is 6.42 Å². The molecule has 0 aromatic carbocycles. The van der Waals surface area contributed by atoms with E-state index in [1.807, 2.05) is 0 Å². The number of hydrogen-bond acceptors (Lipinski definition) is 2. The molecule has 9 heavy (non-hydrogen) atoms. The average molecular weight is 121 g/mol. The highest BCUT2D eigenvalue weighted by Gasteiger charge is 1.89.